The molecule has 0 aliphatic heterocycles. The molecular weight excluding hydrogens is 222 g/mol. The Morgan fingerprint density at radius 1 is 1.47 bits per heavy atom. The van der Waals surface area contributed by atoms with Crippen molar-refractivity contribution >= 4 is 11.9 Å². The molecule has 1 amide bonds. The zero-order valence-corrected chi connectivity index (χ0v) is 10.5. The van der Waals surface area contributed by atoms with Gasteiger partial charge in [0, 0.05) is 13.5 Å². The number of carboxylic acid groups (broad SMARTS) is 1. The van der Waals surface area contributed by atoms with Crippen molar-refractivity contribution in [2.45, 2.75) is 44.6 Å². The molecule has 0 saturated heterocycles. The molecule has 0 aromatic heterocycles. The minimum atomic E-state index is -0.937. The van der Waals surface area contributed by atoms with E-state index in [2.05, 4.69) is 5.32 Å². The van der Waals surface area contributed by atoms with Gasteiger partial charge in [-0.2, -0.15) is 0 Å². The average molecular weight is 243 g/mol. The molecule has 1 fully saturated rings. The zero-order valence-electron chi connectivity index (χ0n) is 10.5. The highest BCUT2D eigenvalue weighted by atomic mass is 16.5. The third-order valence-corrected chi connectivity index (χ3v) is 3.14. The molecule has 0 spiro atoms. The molecule has 0 aromatic rings. The minimum Gasteiger partial charge on any atom is -0.481 e. The largest absolute Gasteiger partial charge is 0.481 e. The van der Waals surface area contributed by atoms with Crippen molar-refractivity contribution in [2.75, 3.05) is 13.7 Å². The van der Waals surface area contributed by atoms with E-state index in [9.17, 15) is 9.59 Å². The van der Waals surface area contributed by atoms with Crippen molar-refractivity contribution in [3.05, 3.63) is 0 Å². The van der Waals surface area contributed by atoms with Gasteiger partial charge in [0.1, 0.15) is 0 Å². The second kappa shape index (κ2) is 6.00. The molecule has 1 rings (SSSR count). The molecule has 1 aliphatic rings. The predicted octanol–water partition coefficient (Wildman–Crippen LogP) is 1.17. The van der Waals surface area contributed by atoms with Crippen LogP contribution in [0, 0.1) is 5.92 Å². The maximum absolute atomic E-state index is 11.8. The highest BCUT2D eigenvalue weighted by molar-refractivity contribution is 5.78. The number of hydrogen-bond donors (Lipinski definition) is 2. The van der Waals surface area contributed by atoms with Crippen molar-refractivity contribution in [1.82, 2.24) is 5.32 Å². The van der Waals surface area contributed by atoms with Gasteiger partial charge in [-0.1, -0.05) is 6.42 Å². The van der Waals surface area contributed by atoms with Gasteiger partial charge < -0.3 is 15.2 Å². The fourth-order valence-electron chi connectivity index (χ4n) is 2.13. The maximum Gasteiger partial charge on any atom is 0.305 e. The highest BCUT2D eigenvalue weighted by Crippen LogP contribution is 2.29. The number of ether oxygens (including phenoxy) is 1. The highest BCUT2D eigenvalue weighted by Gasteiger charge is 2.31. The zero-order chi connectivity index (χ0) is 12.9. The Bertz CT molecular complexity index is 288. The standard InChI is InChI=1S/C12H21NO4/c1-12(8-17-2,7-11(15)16)13-10(14)6-9-4-3-5-9/h9H,3-8H2,1-2H3,(H,13,14)(H,15,16). The molecule has 1 saturated carbocycles. The van der Waals surface area contributed by atoms with Gasteiger partial charge in [-0.05, 0) is 25.7 Å². The second-order valence-corrected chi connectivity index (χ2v) is 5.11. The number of rotatable bonds is 7. The summed E-state index contributed by atoms with van der Waals surface area (Å²) in [5.74, 6) is -0.532. The molecule has 0 radical (unpaired) electrons. The Balaban J connectivity index is 2.45. The van der Waals surface area contributed by atoms with Gasteiger partial charge in [-0.3, -0.25) is 9.59 Å². The predicted molar refractivity (Wildman–Crippen MR) is 62.6 cm³/mol. The summed E-state index contributed by atoms with van der Waals surface area (Å²) in [6.07, 6.45) is 3.78. The lowest BCUT2D eigenvalue weighted by Crippen LogP contribution is -2.51. The first kappa shape index (κ1) is 14.0. The van der Waals surface area contributed by atoms with E-state index < -0.39 is 11.5 Å². The Hall–Kier alpha value is -1.10. The van der Waals surface area contributed by atoms with Crippen molar-refractivity contribution in [1.29, 1.82) is 0 Å². The second-order valence-electron chi connectivity index (χ2n) is 5.11. The molecule has 2 N–H and O–H groups in total. The van der Waals surface area contributed by atoms with Crippen molar-refractivity contribution in [2.24, 2.45) is 5.92 Å². The van der Waals surface area contributed by atoms with E-state index in [0.717, 1.165) is 12.8 Å². The van der Waals surface area contributed by atoms with Crippen LogP contribution < -0.4 is 5.32 Å². The molecular formula is C12H21NO4. The fourth-order valence-corrected chi connectivity index (χ4v) is 2.13. The van der Waals surface area contributed by atoms with Crippen LogP contribution in [0.4, 0.5) is 0 Å². The van der Waals surface area contributed by atoms with Crippen LogP contribution in [0.15, 0.2) is 0 Å². The molecule has 98 valence electrons. The number of amides is 1. The first-order valence-corrected chi connectivity index (χ1v) is 5.97. The molecule has 0 aromatic carbocycles. The molecule has 5 heteroatoms. The van der Waals surface area contributed by atoms with E-state index in [-0.39, 0.29) is 18.9 Å². The molecule has 1 atom stereocenters. The van der Waals surface area contributed by atoms with E-state index in [1.807, 2.05) is 0 Å². The molecule has 1 unspecified atom stereocenters. The molecule has 17 heavy (non-hydrogen) atoms. The van der Waals surface area contributed by atoms with Crippen LogP contribution in [0.3, 0.4) is 0 Å². The summed E-state index contributed by atoms with van der Waals surface area (Å²) in [6.45, 7) is 1.90. The van der Waals surface area contributed by atoms with Gasteiger partial charge in [-0.25, -0.2) is 0 Å². The lowest BCUT2D eigenvalue weighted by Gasteiger charge is -2.31. The topological polar surface area (TPSA) is 75.6 Å². The van der Waals surface area contributed by atoms with E-state index in [1.165, 1.54) is 13.5 Å². The van der Waals surface area contributed by atoms with Crippen molar-refractivity contribution in [3.63, 3.8) is 0 Å². The Morgan fingerprint density at radius 2 is 2.12 bits per heavy atom. The molecule has 1 aliphatic carbocycles. The number of carbonyl (C=O) groups is 2. The summed E-state index contributed by atoms with van der Waals surface area (Å²) >= 11 is 0. The number of carboxylic acids is 1. The summed E-state index contributed by atoms with van der Waals surface area (Å²) in [5.41, 5.74) is -0.818. The summed E-state index contributed by atoms with van der Waals surface area (Å²) in [5, 5.41) is 11.6. The van der Waals surface area contributed by atoms with E-state index in [1.54, 1.807) is 6.92 Å². The number of hydrogen-bond acceptors (Lipinski definition) is 3. The van der Waals surface area contributed by atoms with E-state index in [4.69, 9.17) is 9.84 Å². The van der Waals surface area contributed by atoms with Gasteiger partial charge in [-0.15, -0.1) is 0 Å². The number of carbonyl (C=O) groups excluding carboxylic acids is 1. The van der Waals surface area contributed by atoms with E-state index >= 15 is 0 Å². The van der Waals surface area contributed by atoms with Gasteiger partial charge in [0.2, 0.25) is 5.91 Å². The molecule has 0 bridgehead atoms. The Morgan fingerprint density at radius 3 is 2.53 bits per heavy atom. The van der Waals surface area contributed by atoms with Gasteiger partial charge in [0.15, 0.2) is 0 Å². The third kappa shape index (κ3) is 4.73. The third-order valence-electron chi connectivity index (χ3n) is 3.14. The summed E-state index contributed by atoms with van der Waals surface area (Å²) in [7, 11) is 1.50. The van der Waals surface area contributed by atoms with Crippen molar-refractivity contribution < 1.29 is 19.4 Å². The smallest absolute Gasteiger partial charge is 0.305 e. The van der Waals surface area contributed by atoms with Gasteiger partial charge in [0.25, 0.3) is 0 Å². The molecule has 5 nitrogen and oxygen atoms in total. The van der Waals surface area contributed by atoms with Crippen LogP contribution in [-0.4, -0.2) is 36.2 Å². The quantitative estimate of drug-likeness (QED) is 0.704. The van der Waals surface area contributed by atoms with Crippen LogP contribution in [-0.2, 0) is 14.3 Å². The minimum absolute atomic E-state index is 0.0736. The summed E-state index contributed by atoms with van der Waals surface area (Å²) in [6, 6.07) is 0. The first-order valence-electron chi connectivity index (χ1n) is 5.97. The Labute approximate surface area is 102 Å². The lowest BCUT2D eigenvalue weighted by atomic mass is 9.82. The van der Waals surface area contributed by atoms with E-state index in [0.29, 0.717) is 12.3 Å². The van der Waals surface area contributed by atoms with Crippen LogP contribution in [0.25, 0.3) is 0 Å². The van der Waals surface area contributed by atoms with Gasteiger partial charge >= 0.3 is 5.97 Å². The van der Waals surface area contributed by atoms with Crippen LogP contribution in [0.2, 0.25) is 0 Å². The first-order chi connectivity index (χ1) is 7.95. The summed E-state index contributed by atoms with van der Waals surface area (Å²) in [4.78, 5) is 22.5. The van der Waals surface area contributed by atoms with Crippen LogP contribution in [0.1, 0.15) is 39.0 Å². The van der Waals surface area contributed by atoms with Crippen LogP contribution >= 0.6 is 0 Å². The number of nitrogens with one attached hydrogen (secondary N) is 1. The average Bonchev–Trinajstić information content (AvgIpc) is 2.09. The summed E-state index contributed by atoms with van der Waals surface area (Å²) < 4.78 is 4.98. The fraction of sp³-hybridized carbons (Fsp3) is 0.833. The van der Waals surface area contributed by atoms with Gasteiger partial charge in [0.05, 0.1) is 18.6 Å². The van der Waals surface area contributed by atoms with Crippen LogP contribution in [0.5, 0.6) is 0 Å². The monoisotopic (exact) mass is 243 g/mol. The Kier molecular flexibility index (Phi) is 4.93. The molecule has 0 heterocycles. The lowest BCUT2D eigenvalue weighted by molar-refractivity contribution is -0.139. The SMILES string of the molecule is COCC(C)(CC(=O)O)NC(=O)CC1CCC1. The van der Waals surface area contributed by atoms with Crippen molar-refractivity contribution in [3.8, 4) is 0 Å². The maximum atomic E-state index is 11.8. The number of methoxy groups -OCH3 is 1. The normalized spacial score (nSPS) is 19.2. The number of aliphatic carboxylic acids is 1.